The number of methoxy groups -OCH3 is 2. The van der Waals surface area contributed by atoms with E-state index in [-0.39, 0.29) is 11.9 Å². The van der Waals surface area contributed by atoms with Gasteiger partial charge in [-0.2, -0.15) is 0 Å². The molecule has 0 aliphatic heterocycles. The zero-order valence-electron chi connectivity index (χ0n) is 23.1. The van der Waals surface area contributed by atoms with Crippen LogP contribution in [0.1, 0.15) is 40.0 Å². The largest absolute Gasteiger partial charge is 0.493 e. The molecule has 0 spiro atoms. The Morgan fingerprint density at radius 1 is 0.950 bits per heavy atom. The molecular formula is C31H33ClN4O3S. The molecule has 1 aromatic heterocycles. The minimum Gasteiger partial charge on any atom is -0.493 e. The number of amides is 1. The Balaban J connectivity index is 1.36. The number of benzene rings is 3. The number of likely N-dealkylation sites (N-methyl/N-ethyl adjacent to an activating group) is 1. The average molecular weight is 577 g/mol. The normalized spacial score (nSPS) is 11.5. The van der Waals surface area contributed by atoms with Gasteiger partial charge in [-0.3, -0.25) is 4.79 Å². The first-order valence-electron chi connectivity index (χ1n) is 12.9. The monoisotopic (exact) mass is 576 g/mol. The van der Waals surface area contributed by atoms with Crippen LogP contribution < -0.4 is 19.7 Å². The van der Waals surface area contributed by atoms with Crippen LogP contribution in [0, 0.1) is 0 Å². The van der Waals surface area contributed by atoms with Crippen molar-refractivity contribution in [2.75, 3.05) is 32.7 Å². The summed E-state index contributed by atoms with van der Waals surface area (Å²) >= 11 is 7.84. The Labute approximate surface area is 244 Å². The van der Waals surface area contributed by atoms with E-state index in [1.807, 2.05) is 91.7 Å². The van der Waals surface area contributed by atoms with E-state index in [0.717, 1.165) is 35.5 Å². The van der Waals surface area contributed by atoms with Gasteiger partial charge in [0.05, 0.1) is 20.3 Å². The minimum absolute atomic E-state index is 0.0891. The van der Waals surface area contributed by atoms with Crippen LogP contribution in [0.4, 0.5) is 5.82 Å². The molecule has 0 aliphatic rings. The summed E-state index contributed by atoms with van der Waals surface area (Å²) in [6.07, 6.45) is 0.790. The van der Waals surface area contributed by atoms with Crippen LogP contribution in [0.5, 0.6) is 11.5 Å². The van der Waals surface area contributed by atoms with Crippen molar-refractivity contribution in [3.05, 3.63) is 106 Å². The van der Waals surface area contributed by atoms with Crippen LogP contribution in [0.15, 0.2) is 84.0 Å². The van der Waals surface area contributed by atoms with Crippen LogP contribution in [0.2, 0.25) is 5.15 Å². The Morgan fingerprint density at radius 3 is 2.48 bits per heavy atom. The number of halogens is 1. The summed E-state index contributed by atoms with van der Waals surface area (Å²) in [4.78, 5) is 24.0. The van der Waals surface area contributed by atoms with E-state index in [1.54, 1.807) is 20.3 Å². The van der Waals surface area contributed by atoms with E-state index in [0.29, 0.717) is 33.1 Å². The minimum atomic E-state index is -0.111. The van der Waals surface area contributed by atoms with Gasteiger partial charge in [-0.1, -0.05) is 71.9 Å². The van der Waals surface area contributed by atoms with Crippen LogP contribution in [0.25, 0.3) is 0 Å². The van der Waals surface area contributed by atoms with Crippen molar-refractivity contribution in [2.45, 2.75) is 30.3 Å². The number of carbonyl (C=O) groups excluding carboxylic acids is 1. The lowest BCUT2D eigenvalue weighted by Crippen LogP contribution is -2.26. The van der Waals surface area contributed by atoms with Crippen LogP contribution in [-0.4, -0.2) is 43.7 Å². The number of anilines is 1. The van der Waals surface area contributed by atoms with E-state index in [4.69, 9.17) is 26.1 Å². The van der Waals surface area contributed by atoms with Crippen molar-refractivity contribution >= 4 is 35.1 Å². The van der Waals surface area contributed by atoms with Crippen molar-refractivity contribution < 1.29 is 14.3 Å². The molecule has 9 heteroatoms. The van der Waals surface area contributed by atoms with Gasteiger partial charge in [-0.15, -0.1) is 0 Å². The quantitative estimate of drug-likeness (QED) is 0.115. The van der Waals surface area contributed by atoms with Gasteiger partial charge in [-0.25, -0.2) is 9.97 Å². The highest BCUT2D eigenvalue weighted by atomic mass is 35.5. The van der Waals surface area contributed by atoms with Crippen LogP contribution in [-0.2, 0) is 12.2 Å². The molecule has 1 N–H and O–H groups in total. The molecule has 40 heavy (non-hydrogen) atoms. The highest BCUT2D eigenvalue weighted by Gasteiger charge is 2.13. The molecule has 0 saturated carbocycles. The molecule has 0 bridgehead atoms. The molecule has 208 valence electrons. The molecule has 1 heterocycles. The maximum Gasteiger partial charge on any atom is 0.251 e. The fourth-order valence-corrected chi connectivity index (χ4v) is 5.17. The zero-order chi connectivity index (χ0) is 28.5. The van der Waals surface area contributed by atoms with Crippen LogP contribution in [0.3, 0.4) is 0 Å². The predicted octanol–water partition coefficient (Wildman–Crippen LogP) is 6.61. The van der Waals surface area contributed by atoms with Crippen molar-refractivity contribution in [2.24, 2.45) is 0 Å². The van der Waals surface area contributed by atoms with Gasteiger partial charge in [-0.05, 0) is 54.3 Å². The first kappa shape index (κ1) is 29.2. The van der Waals surface area contributed by atoms with Gasteiger partial charge in [0.1, 0.15) is 11.0 Å². The predicted molar refractivity (Wildman–Crippen MR) is 162 cm³/mol. The van der Waals surface area contributed by atoms with Gasteiger partial charge in [0.25, 0.3) is 5.91 Å². The molecule has 4 aromatic rings. The van der Waals surface area contributed by atoms with Gasteiger partial charge in [0, 0.05) is 31.0 Å². The van der Waals surface area contributed by atoms with Gasteiger partial charge >= 0.3 is 0 Å². The SMILES string of the molecule is COc1ccc(CCN(C)c2cc(Cl)nc(SCc3cccc(C(=O)NC(C)c4ccccc4)c3)n2)cc1OC. The Kier molecular flexibility index (Phi) is 10.3. The second-order valence-electron chi connectivity index (χ2n) is 9.29. The lowest BCUT2D eigenvalue weighted by atomic mass is 10.1. The maximum atomic E-state index is 12.9. The lowest BCUT2D eigenvalue weighted by molar-refractivity contribution is 0.0940. The van der Waals surface area contributed by atoms with Crippen LogP contribution >= 0.6 is 23.4 Å². The Morgan fingerprint density at radius 2 is 1.73 bits per heavy atom. The molecule has 3 aromatic carbocycles. The second-order valence-corrected chi connectivity index (χ2v) is 10.6. The molecule has 1 atom stereocenters. The molecule has 0 fully saturated rings. The summed E-state index contributed by atoms with van der Waals surface area (Å²) < 4.78 is 10.7. The number of carbonyl (C=O) groups is 1. The van der Waals surface area contributed by atoms with Crippen molar-refractivity contribution in [3.8, 4) is 11.5 Å². The van der Waals surface area contributed by atoms with Crippen molar-refractivity contribution in [1.82, 2.24) is 15.3 Å². The highest BCUT2D eigenvalue weighted by Crippen LogP contribution is 2.28. The number of hydrogen-bond acceptors (Lipinski definition) is 7. The third-order valence-electron chi connectivity index (χ3n) is 6.44. The third kappa shape index (κ3) is 7.90. The van der Waals surface area contributed by atoms with Crippen molar-refractivity contribution in [1.29, 1.82) is 0 Å². The number of ether oxygens (including phenoxy) is 2. The molecule has 1 unspecified atom stereocenters. The summed E-state index contributed by atoms with van der Waals surface area (Å²) in [7, 11) is 5.24. The number of thioether (sulfide) groups is 1. The fourth-order valence-electron chi connectivity index (χ4n) is 4.15. The summed E-state index contributed by atoms with van der Waals surface area (Å²) in [5, 5.41) is 4.03. The molecule has 4 rings (SSSR count). The summed E-state index contributed by atoms with van der Waals surface area (Å²) in [6, 6.07) is 25.1. The molecule has 7 nitrogen and oxygen atoms in total. The molecular weight excluding hydrogens is 544 g/mol. The summed E-state index contributed by atoms with van der Waals surface area (Å²) in [5.41, 5.74) is 3.80. The number of nitrogens with zero attached hydrogens (tertiary/aromatic N) is 3. The summed E-state index contributed by atoms with van der Waals surface area (Å²) in [6.45, 7) is 2.71. The van der Waals surface area contributed by atoms with Crippen molar-refractivity contribution in [3.63, 3.8) is 0 Å². The number of hydrogen-bond donors (Lipinski definition) is 1. The highest BCUT2D eigenvalue weighted by molar-refractivity contribution is 7.98. The van der Waals surface area contributed by atoms with E-state index in [1.165, 1.54) is 11.8 Å². The maximum absolute atomic E-state index is 12.9. The molecule has 0 aliphatic carbocycles. The van der Waals surface area contributed by atoms with Gasteiger partial charge < -0.3 is 19.7 Å². The van der Waals surface area contributed by atoms with E-state index >= 15 is 0 Å². The van der Waals surface area contributed by atoms with E-state index in [2.05, 4.69) is 10.3 Å². The topological polar surface area (TPSA) is 76.6 Å². The molecule has 0 radical (unpaired) electrons. The Bertz CT molecular complexity index is 1440. The second kappa shape index (κ2) is 14.1. The smallest absolute Gasteiger partial charge is 0.251 e. The number of rotatable bonds is 12. The van der Waals surface area contributed by atoms with E-state index in [9.17, 15) is 4.79 Å². The number of aromatic nitrogens is 2. The number of nitrogens with one attached hydrogen (secondary N) is 1. The first-order chi connectivity index (χ1) is 19.4. The van der Waals surface area contributed by atoms with Gasteiger partial charge in [0.15, 0.2) is 16.7 Å². The molecule has 1 amide bonds. The van der Waals surface area contributed by atoms with E-state index < -0.39 is 0 Å². The molecule has 0 saturated heterocycles. The average Bonchev–Trinajstić information content (AvgIpc) is 2.98. The Hall–Kier alpha value is -3.75. The first-order valence-corrected chi connectivity index (χ1v) is 14.3. The summed E-state index contributed by atoms with van der Waals surface area (Å²) in [5.74, 6) is 2.65. The standard InChI is InChI=1S/C31H33ClN4O3S/c1-21(24-10-6-5-7-11-24)33-30(37)25-12-8-9-23(17-25)20-40-31-34-28(32)19-29(35-31)36(2)16-15-22-13-14-26(38-3)27(18-22)39-4/h5-14,17-19,21H,15-16,20H2,1-4H3,(H,33,37). The zero-order valence-corrected chi connectivity index (χ0v) is 24.6. The third-order valence-corrected chi connectivity index (χ3v) is 7.55. The fraction of sp³-hybridized carbons (Fsp3) is 0.258. The lowest BCUT2D eigenvalue weighted by Gasteiger charge is -2.19. The van der Waals surface area contributed by atoms with Gasteiger partial charge in [0.2, 0.25) is 0 Å².